The topological polar surface area (TPSA) is 43.8 Å². The van der Waals surface area contributed by atoms with Crippen LogP contribution in [-0.4, -0.2) is 9.78 Å². The highest BCUT2D eigenvalue weighted by Crippen LogP contribution is 2.26. The molecule has 0 spiro atoms. The lowest BCUT2D eigenvalue weighted by atomic mass is 10.0. The summed E-state index contributed by atoms with van der Waals surface area (Å²) >= 11 is 6.30. The first-order valence-electron chi connectivity index (χ1n) is 6.53. The van der Waals surface area contributed by atoms with E-state index in [0.29, 0.717) is 12.5 Å². The fourth-order valence-electron chi connectivity index (χ4n) is 2.07. The molecule has 1 aromatic carbocycles. The van der Waals surface area contributed by atoms with Gasteiger partial charge >= 0.3 is 0 Å². The van der Waals surface area contributed by atoms with Crippen LogP contribution < -0.4 is 5.73 Å². The van der Waals surface area contributed by atoms with E-state index in [-0.39, 0.29) is 6.04 Å². The van der Waals surface area contributed by atoms with Gasteiger partial charge in [0.15, 0.2) is 0 Å². The van der Waals surface area contributed by atoms with Crippen molar-refractivity contribution in [2.45, 2.75) is 39.3 Å². The third kappa shape index (κ3) is 3.17. The Hall–Kier alpha value is -1.32. The summed E-state index contributed by atoms with van der Waals surface area (Å²) in [7, 11) is 0. The van der Waals surface area contributed by atoms with Crippen molar-refractivity contribution in [3.8, 4) is 0 Å². The summed E-state index contributed by atoms with van der Waals surface area (Å²) in [6, 6.07) is 8.23. The van der Waals surface area contributed by atoms with Crippen molar-refractivity contribution in [1.29, 1.82) is 0 Å². The lowest BCUT2D eigenvalue weighted by Crippen LogP contribution is -2.15. The monoisotopic (exact) mass is 277 g/mol. The van der Waals surface area contributed by atoms with Crippen LogP contribution in [-0.2, 0) is 6.42 Å². The van der Waals surface area contributed by atoms with Crippen molar-refractivity contribution in [3.63, 3.8) is 0 Å². The number of nitrogens with zero attached hydrogens (tertiary/aromatic N) is 2. The number of rotatable bonds is 4. The fourth-order valence-corrected chi connectivity index (χ4v) is 2.33. The Balaban J connectivity index is 2.16. The minimum Gasteiger partial charge on any atom is -0.324 e. The predicted octanol–water partition coefficient (Wildman–Crippen LogP) is 3.67. The minimum atomic E-state index is -0.122. The summed E-state index contributed by atoms with van der Waals surface area (Å²) in [4.78, 5) is 0. The van der Waals surface area contributed by atoms with E-state index in [1.54, 1.807) is 0 Å². The van der Waals surface area contributed by atoms with Gasteiger partial charge in [-0.05, 0) is 38.0 Å². The van der Waals surface area contributed by atoms with Gasteiger partial charge in [0.1, 0.15) is 0 Å². The van der Waals surface area contributed by atoms with Gasteiger partial charge in [0, 0.05) is 29.7 Å². The second kappa shape index (κ2) is 5.76. The molecular weight excluding hydrogens is 258 g/mol. The summed E-state index contributed by atoms with van der Waals surface area (Å²) in [5.41, 5.74) is 9.29. The molecule has 0 fully saturated rings. The standard InChI is InChI=1S/C15H20ClN3/c1-10(2)19-8-7-12(18-19)9-14(17)13-6-4-5-11(3)15(13)16/h4-8,10,14H,9,17H2,1-3H3. The van der Waals surface area contributed by atoms with Crippen LogP contribution in [0, 0.1) is 6.92 Å². The Morgan fingerprint density at radius 3 is 2.68 bits per heavy atom. The molecule has 0 amide bonds. The number of nitrogens with two attached hydrogens (primary N) is 1. The highest BCUT2D eigenvalue weighted by atomic mass is 35.5. The molecule has 0 radical (unpaired) electrons. The van der Waals surface area contributed by atoms with Gasteiger partial charge in [0.25, 0.3) is 0 Å². The van der Waals surface area contributed by atoms with Gasteiger partial charge in [-0.15, -0.1) is 0 Å². The average Bonchev–Trinajstić information content (AvgIpc) is 2.81. The van der Waals surface area contributed by atoms with Gasteiger partial charge < -0.3 is 5.73 Å². The van der Waals surface area contributed by atoms with Crippen LogP contribution >= 0.6 is 11.6 Å². The van der Waals surface area contributed by atoms with Gasteiger partial charge in [-0.1, -0.05) is 29.8 Å². The lowest BCUT2D eigenvalue weighted by Gasteiger charge is -2.14. The van der Waals surface area contributed by atoms with Crippen LogP contribution in [0.4, 0.5) is 0 Å². The Morgan fingerprint density at radius 1 is 1.32 bits per heavy atom. The number of hydrogen-bond donors (Lipinski definition) is 1. The van der Waals surface area contributed by atoms with Gasteiger partial charge in [-0.2, -0.15) is 5.10 Å². The molecule has 1 atom stereocenters. The van der Waals surface area contributed by atoms with Gasteiger partial charge in [0.2, 0.25) is 0 Å². The molecule has 0 bridgehead atoms. The molecule has 0 aliphatic carbocycles. The molecule has 2 aromatic rings. The quantitative estimate of drug-likeness (QED) is 0.927. The number of hydrogen-bond acceptors (Lipinski definition) is 2. The van der Waals surface area contributed by atoms with Crippen molar-refractivity contribution >= 4 is 11.6 Å². The average molecular weight is 278 g/mol. The highest BCUT2D eigenvalue weighted by molar-refractivity contribution is 6.32. The maximum Gasteiger partial charge on any atom is 0.0643 e. The largest absolute Gasteiger partial charge is 0.324 e. The SMILES string of the molecule is Cc1cccc(C(N)Cc2ccn(C(C)C)n2)c1Cl. The summed E-state index contributed by atoms with van der Waals surface area (Å²) in [6.45, 7) is 6.20. The predicted molar refractivity (Wildman–Crippen MR) is 79.4 cm³/mol. The number of halogens is 1. The van der Waals surface area contributed by atoms with Crippen molar-refractivity contribution < 1.29 is 0 Å². The zero-order valence-electron chi connectivity index (χ0n) is 11.6. The molecule has 102 valence electrons. The lowest BCUT2D eigenvalue weighted by molar-refractivity contribution is 0.522. The first kappa shape index (κ1) is 14.1. The van der Waals surface area contributed by atoms with E-state index in [4.69, 9.17) is 17.3 Å². The zero-order chi connectivity index (χ0) is 14.0. The van der Waals surface area contributed by atoms with Crippen molar-refractivity contribution in [3.05, 3.63) is 52.3 Å². The Kier molecular flexibility index (Phi) is 4.27. The fraction of sp³-hybridized carbons (Fsp3) is 0.400. The second-order valence-corrected chi connectivity index (χ2v) is 5.55. The van der Waals surface area contributed by atoms with Crippen molar-refractivity contribution in [2.75, 3.05) is 0 Å². The van der Waals surface area contributed by atoms with E-state index in [0.717, 1.165) is 21.8 Å². The molecule has 3 nitrogen and oxygen atoms in total. The number of aromatic nitrogens is 2. The second-order valence-electron chi connectivity index (χ2n) is 5.17. The third-order valence-corrected chi connectivity index (χ3v) is 3.76. The van der Waals surface area contributed by atoms with Crippen LogP contribution in [0.25, 0.3) is 0 Å². The van der Waals surface area contributed by atoms with E-state index in [9.17, 15) is 0 Å². The van der Waals surface area contributed by atoms with E-state index in [2.05, 4.69) is 18.9 Å². The first-order chi connectivity index (χ1) is 8.99. The molecule has 0 aliphatic rings. The normalized spacial score (nSPS) is 12.9. The van der Waals surface area contributed by atoms with Gasteiger partial charge in [-0.25, -0.2) is 0 Å². The molecule has 2 N–H and O–H groups in total. The van der Waals surface area contributed by atoms with Crippen LogP contribution in [0.2, 0.25) is 5.02 Å². The number of benzene rings is 1. The molecule has 2 rings (SSSR count). The molecular formula is C15H20ClN3. The molecule has 0 saturated carbocycles. The summed E-state index contributed by atoms with van der Waals surface area (Å²) < 4.78 is 1.94. The van der Waals surface area contributed by atoms with E-state index >= 15 is 0 Å². The summed E-state index contributed by atoms with van der Waals surface area (Å²) in [5, 5.41) is 5.28. The molecule has 1 heterocycles. The van der Waals surface area contributed by atoms with Crippen LogP contribution in [0.15, 0.2) is 30.5 Å². The van der Waals surface area contributed by atoms with Crippen LogP contribution in [0.3, 0.4) is 0 Å². The van der Waals surface area contributed by atoms with Crippen molar-refractivity contribution in [2.24, 2.45) is 5.73 Å². The summed E-state index contributed by atoms with van der Waals surface area (Å²) in [6.07, 6.45) is 2.69. The molecule has 1 unspecified atom stereocenters. The molecule has 1 aromatic heterocycles. The maximum atomic E-state index is 6.30. The number of aryl methyl sites for hydroxylation is 1. The summed E-state index contributed by atoms with van der Waals surface area (Å²) in [5.74, 6) is 0. The van der Waals surface area contributed by atoms with Crippen LogP contribution in [0.1, 0.15) is 42.8 Å². The molecule has 19 heavy (non-hydrogen) atoms. The Bertz CT molecular complexity index is 560. The smallest absolute Gasteiger partial charge is 0.0643 e. The van der Waals surface area contributed by atoms with Crippen molar-refractivity contribution in [1.82, 2.24) is 9.78 Å². The molecule has 0 saturated heterocycles. The van der Waals surface area contributed by atoms with E-state index in [1.807, 2.05) is 42.1 Å². The van der Waals surface area contributed by atoms with Crippen LogP contribution in [0.5, 0.6) is 0 Å². The molecule has 0 aliphatic heterocycles. The maximum absolute atomic E-state index is 6.30. The Labute approximate surface area is 119 Å². The highest BCUT2D eigenvalue weighted by Gasteiger charge is 2.14. The third-order valence-electron chi connectivity index (χ3n) is 3.24. The first-order valence-corrected chi connectivity index (χ1v) is 6.91. The van der Waals surface area contributed by atoms with E-state index < -0.39 is 0 Å². The molecule has 4 heteroatoms. The zero-order valence-corrected chi connectivity index (χ0v) is 12.4. The van der Waals surface area contributed by atoms with E-state index in [1.165, 1.54) is 0 Å². The van der Waals surface area contributed by atoms with Gasteiger partial charge in [-0.3, -0.25) is 4.68 Å². The Morgan fingerprint density at radius 2 is 2.05 bits per heavy atom. The minimum absolute atomic E-state index is 0.122. The van der Waals surface area contributed by atoms with Gasteiger partial charge in [0.05, 0.1) is 5.69 Å².